The standard InChI is InChI=1S/C17H22O3/c1-3-4-5-6-7-8-15(18)10-9-14-11-13(2)17(20)16(19)12-14/h7-12,19-20H,3-6H2,1-2H3/b8-7-,10-9+. The van der Waals surface area contributed by atoms with Crippen LogP contribution in [0, 0.1) is 6.92 Å². The van der Waals surface area contributed by atoms with Crippen LogP contribution < -0.4 is 0 Å². The van der Waals surface area contributed by atoms with E-state index in [1.165, 1.54) is 25.0 Å². The summed E-state index contributed by atoms with van der Waals surface area (Å²) in [5, 5.41) is 18.9. The van der Waals surface area contributed by atoms with E-state index in [0.29, 0.717) is 11.1 Å². The van der Waals surface area contributed by atoms with Gasteiger partial charge < -0.3 is 10.2 Å². The molecular formula is C17H22O3. The van der Waals surface area contributed by atoms with Gasteiger partial charge in [-0.05, 0) is 55.2 Å². The van der Waals surface area contributed by atoms with Crippen LogP contribution in [0.25, 0.3) is 6.08 Å². The first-order valence-electron chi connectivity index (χ1n) is 6.95. The molecule has 0 unspecified atom stereocenters. The Labute approximate surface area is 120 Å². The maximum Gasteiger partial charge on any atom is 0.178 e. The summed E-state index contributed by atoms with van der Waals surface area (Å²) < 4.78 is 0. The molecule has 3 heteroatoms. The van der Waals surface area contributed by atoms with Gasteiger partial charge in [-0.3, -0.25) is 4.79 Å². The van der Waals surface area contributed by atoms with Gasteiger partial charge in [-0.1, -0.05) is 31.9 Å². The fourth-order valence-corrected chi connectivity index (χ4v) is 1.83. The molecule has 1 aromatic carbocycles. The second-order valence-electron chi connectivity index (χ2n) is 4.84. The lowest BCUT2D eigenvalue weighted by Crippen LogP contribution is -1.86. The molecule has 0 bridgehead atoms. The topological polar surface area (TPSA) is 57.5 Å². The summed E-state index contributed by atoms with van der Waals surface area (Å²) in [5.41, 5.74) is 1.26. The van der Waals surface area contributed by atoms with Gasteiger partial charge >= 0.3 is 0 Å². The van der Waals surface area contributed by atoms with Crippen LogP contribution in [0.15, 0.2) is 30.4 Å². The summed E-state index contributed by atoms with van der Waals surface area (Å²) in [5.74, 6) is -0.372. The maximum atomic E-state index is 11.6. The van der Waals surface area contributed by atoms with Gasteiger partial charge in [-0.15, -0.1) is 0 Å². The lowest BCUT2D eigenvalue weighted by molar-refractivity contribution is -0.110. The zero-order valence-electron chi connectivity index (χ0n) is 12.1. The predicted octanol–water partition coefficient (Wildman–Crippen LogP) is 4.13. The van der Waals surface area contributed by atoms with Gasteiger partial charge in [0, 0.05) is 0 Å². The number of aromatic hydroxyl groups is 2. The summed E-state index contributed by atoms with van der Waals surface area (Å²) in [7, 11) is 0. The number of carbonyl (C=O) groups is 1. The highest BCUT2D eigenvalue weighted by Crippen LogP contribution is 2.30. The zero-order chi connectivity index (χ0) is 15.0. The Morgan fingerprint density at radius 1 is 1.20 bits per heavy atom. The number of unbranched alkanes of at least 4 members (excludes halogenated alkanes) is 3. The van der Waals surface area contributed by atoms with E-state index in [2.05, 4.69) is 6.92 Å². The number of hydrogen-bond donors (Lipinski definition) is 2. The van der Waals surface area contributed by atoms with E-state index < -0.39 is 0 Å². The molecule has 2 N–H and O–H groups in total. The normalized spacial score (nSPS) is 11.5. The highest BCUT2D eigenvalue weighted by atomic mass is 16.3. The lowest BCUT2D eigenvalue weighted by atomic mass is 10.1. The monoisotopic (exact) mass is 274 g/mol. The summed E-state index contributed by atoms with van der Waals surface area (Å²) in [6, 6.07) is 3.14. The quantitative estimate of drug-likeness (QED) is 0.446. The molecule has 0 aliphatic rings. The smallest absolute Gasteiger partial charge is 0.178 e. The van der Waals surface area contributed by atoms with Crippen molar-refractivity contribution in [2.24, 2.45) is 0 Å². The van der Waals surface area contributed by atoms with Crippen LogP contribution in [0.1, 0.15) is 43.7 Å². The molecular weight excluding hydrogens is 252 g/mol. The maximum absolute atomic E-state index is 11.6. The van der Waals surface area contributed by atoms with Crippen LogP contribution in [0.3, 0.4) is 0 Å². The molecule has 0 saturated heterocycles. The first kappa shape index (κ1) is 16.0. The SMILES string of the molecule is CCCCC/C=C\C(=O)/C=C/c1cc(C)c(O)c(O)c1. The van der Waals surface area contributed by atoms with Crippen molar-refractivity contribution in [1.29, 1.82) is 0 Å². The number of rotatable bonds is 7. The van der Waals surface area contributed by atoms with E-state index in [9.17, 15) is 15.0 Å². The van der Waals surface area contributed by atoms with Crippen molar-refractivity contribution >= 4 is 11.9 Å². The fraction of sp³-hybridized carbons (Fsp3) is 0.353. The minimum absolute atomic E-state index is 0.0771. The molecule has 0 fully saturated rings. The molecule has 0 amide bonds. The van der Waals surface area contributed by atoms with Crippen molar-refractivity contribution in [3.63, 3.8) is 0 Å². The van der Waals surface area contributed by atoms with Gasteiger partial charge in [-0.2, -0.15) is 0 Å². The molecule has 20 heavy (non-hydrogen) atoms. The van der Waals surface area contributed by atoms with Crippen molar-refractivity contribution in [3.05, 3.63) is 41.5 Å². The molecule has 0 saturated carbocycles. The third-order valence-electron chi connectivity index (χ3n) is 3.00. The first-order chi connectivity index (χ1) is 9.54. The van der Waals surface area contributed by atoms with E-state index in [1.54, 1.807) is 25.1 Å². The molecule has 0 heterocycles. The van der Waals surface area contributed by atoms with Gasteiger partial charge in [0.25, 0.3) is 0 Å². The summed E-state index contributed by atoms with van der Waals surface area (Å²) in [6.07, 6.45) is 10.9. The van der Waals surface area contributed by atoms with Gasteiger partial charge in [0.15, 0.2) is 17.3 Å². The number of allylic oxidation sites excluding steroid dienone is 3. The van der Waals surface area contributed by atoms with Crippen molar-refractivity contribution in [3.8, 4) is 11.5 Å². The van der Waals surface area contributed by atoms with Crippen LogP contribution in [-0.2, 0) is 4.79 Å². The molecule has 0 spiro atoms. The Kier molecular flexibility index (Phi) is 6.57. The number of phenolic OH excluding ortho intramolecular Hbond substituents is 2. The number of benzene rings is 1. The van der Waals surface area contributed by atoms with E-state index in [4.69, 9.17) is 0 Å². The third-order valence-corrected chi connectivity index (χ3v) is 3.00. The minimum atomic E-state index is -0.174. The van der Waals surface area contributed by atoms with E-state index in [0.717, 1.165) is 12.8 Å². The number of aryl methyl sites for hydroxylation is 1. The third kappa shape index (κ3) is 5.31. The van der Waals surface area contributed by atoms with E-state index >= 15 is 0 Å². The average Bonchev–Trinajstić information content (AvgIpc) is 2.42. The first-order valence-corrected chi connectivity index (χ1v) is 6.95. The molecule has 1 aromatic rings. The Morgan fingerprint density at radius 2 is 1.95 bits per heavy atom. The number of ketones is 1. The Hall–Kier alpha value is -2.03. The number of hydrogen-bond acceptors (Lipinski definition) is 3. The predicted molar refractivity (Wildman–Crippen MR) is 81.8 cm³/mol. The Balaban J connectivity index is 2.57. The average molecular weight is 274 g/mol. The Bertz CT molecular complexity index is 490. The van der Waals surface area contributed by atoms with Crippen LogP contribution in [0.5, 0.6) is 11.5 Å². The Morgan fingerprint density at radius 3 is 2.60 bits per heavy atom. The minimum Gasteiger partial charge on any atom is -0.504 e. The van der Waals surface area contributed by atoms with Crippen LogP contribution in [0.2, 0.25) is 0 Å². The highest BCUT2D eigenvalue weighted by molar-refractivity contribution is 6.02. The molecule has 0 radical (unpaired) electrons. The van der Waals surface area contributed by atoms with Gasteiger partial charge in [0.05, 0.1) is 0 Å². The number of phenols is 2. The van der Waals surface area contributed by atoms with Crippen molar-refractivity contribution < 1.29 is 15.0 Å². The van der Waals surface area contributed by atoms with Gasteiger partial charge in [0.2, 0.25) is 0 Å². The molecule has 0 atom stereocenters. The molecule has 3 nitrogen and oxygen atoms in total. The van der Waals surface area contributed by atoms with Crippen LogP contribution >= 0.6 is 0 Å². The molecule has 108 valence electrons. The fourth-order valence-electron chi connectivity index (χ4n) is 1.83. The van der Waals surface area contributed by atoms with E-state index in [-0.39, 0.29) is 17.3 Å². The highest BCUT2D eigenvalue weighted by Gasteiger charge is 2.03. The van der Waals surface area contributed by atoms with Gasteiger partial charge in [-0.25, -0.2) is 0 Å². The second kappa shape index (κ2) is 8.20. The van der Waals surface area contributed by atoms with E-state index in [1.807, 2.05) is 6.08 Å². The molecule has 0 aromatic heterocycles. The second-order valence-corrected chi connectivity index (χ2v) is 4.84. The molecule has 0 aliphatic carbocycles. The van der Waals surface area contributed by atoms with Crippen molar-refractivity contribution in [2.75, 3.05) is 0 Å². The molecule has 0 aliphatic heterocycles. The zero-order valence-corrected chi connectivity index (χ0v) is 12.1. The summed E-state index contributed by atoms with van der Waals surface area (Å²) >= 11 is 0. The van der Waals surface area contributed by atoms with Crippen LogP contribution in [0.4, 0.5) is 0 Å². The van der Waals surface area contributed by atoms with Crippen molar-refractivity contribution in [2.45, 2.75) is 39.5 Å². The summed E-state index contributed by atoms with van der Waals surface area (Å²) in [4.78, 5) is 11.6. The van der Waals surface area contributed by atoms with Gasteiger partial charge in [0.1, 0.15) is 0 Å². The molecule has 1 rings (SSSR count). The van der Waals surface area contributed by atoms with Crippen LogP contribution in [-0.4, -0.2) is 16.0 Å². The number of carbonyl (C=O) groups excluding carboxylic acids is 1. The summed E-state index contributed by atoms with van der Waals surface area (Å²) in [6.45, 7) is 3.84. The lowest BCUT2D eigenvalue weighted by Gasteiger charge is -2.03. The largest absolute Gasteiger partial charge is 0.504 e. The van der Waals surface area contributed by atoms with Crippen molar-refractivity contribution in [1.82, 2.24) is 0 Å².